The predicted molar refractivity (Wildman–Crippen MR) is 169 cm³/mol. The molecule has 1 saturated carbocycles. The van der Waals surface area contributed by atoms with Crippen LogP contribution in [0.5, 0.6) is 11.5 Å². The third-order valence-electron chi connectivity index (χ3n) is 12.3. The Bertz CT molecular complexity index is 1290. The van der Waals surface area contributed by atoms with E-state index in [2.05, 4.69) is 46.0 Å². The Labute approximate surface area is 267 Å². The zero-order chi connectivity index (χ0) is 32.4. The average molecular weight is 628 g/mol. The Morgan fingerprint density at radius 3 is 2.27 bits per heavy atom. The van der Waals surface area contributed by atoms with Crippen molar-refractivity contribution in [2.45, 2.75) is 116 Å². The number of phenols is 2. The van der Waals surface area contributed by atoms with Gasteiger partial charge in [-0.15, -0.1) is 0 Å². The summed E-state index contributed by atoms with van der Waals surface area (Å²) in [5, 5.41) is 65.7. The van der Waals surface area contributed by atoms with Crippen LogP contribution in [0.25, 0.3) is 0 Å². The number of rotatable bonds is 5. The summed E-state index contributed by atoms with van der Waals surface area (Å²) in [4.78, 5) is 0. The third kappa shape index (κ3) is 6.05. The predicted octanol–water partition coefficient (Wildman–Crippen LogP) is 5.39. The summed E-state index contributed by atoms with van der Waals surface area (Å²) < 4.78 is 14.0. The average Bonchev–Trinajstić information content (AvgIpc) is 3.21. The van der Waals surface area contributed by atoms with Crippen LogP contribution in [0.15, 0.2) is 41.2 Å². The number of nitrogens with one attached hydrogen (secondary N) is 1. The summed E-state index contributed by atoms with van der Waals surface area (Å²) in [5.41, 5.74) is 2.45. The molecular weight excluding hydrogens is 574 g/mol. The lowest BCUT2D eigenvalue weighted by atomic mass is 9.56. The second-order valence-electron chi connectivity index (χ2n) is 15.2. The summed E-state index contributed by atoms with van der Waals surface area (Å²) >= 11 is 0. The van der Waals surface area contributed by atoms with Crippen LogP contribution in [0.4, 0.5) is 0 Å². The molecule has 7 N–H and O–H groups in total. The second-order valence-corrected chi connectivity index (χ2v) is 15.2. The first-order valence-corrected chi connectivity index (χ1v) is 17.1. The largest absolute Gasteiger partial charge is 0.508 e. The minimum atomic E-state index is -1.28. The van der Waals surface area contributed by atoms with E-state index in [-0.39, 0.29) is 70.9 Å². The van der Waals surface area contributed by atoms with E-state index >= 15 is 0 Å². The molecule has 3 aliphatic heterocycles. The van der Waals surface area contributed by atoms with Gasteiger partial charge in [0.2, 0.25) is 0 Å². The SMILES string of the molecule is CC1=CC2CC[C@@H](O)C(C)C2[C@@H](CC2=C(O)C(O)NC2O)[C@@H]1CC1O[C@@]2(CC[C@H](C)[C@@H](c3cc(O)cc(O)c3)O2)[C@@H](C)C[C@@H]1C. The van der Waals surface area contributed by atoms with Gasteiger partial charge in [-0.25, -0.2) is 0 Å². The van der Waals surface area contributed by atoms with Crippen LogP contribution in [0.2, 0.25) is 0 Å². The molecular formula is C36H53NO8. The molecule has 1 aromatic carbocycles. The van der Waals surface area contributed by atoms with Crippen molar-refractivity contribution < 1.29 is 40.1 Å². The molecule has 250 valence electrons. The lowest BCUT2D eigenvalue weighted by Crippen LogP contribution is -2.55. The van der Waals surface area contributed by atoms with Gasteiger partial charge in [-0.1, -0.05) is 39.3 Å². The minimum absolute atomic E-state index is 0.00625. The number of phenolic OH excluding ortho intramolecular Hbond substituents is 2. The van der Waals surface area contributed by atoms with Crippen LogP contribution in [0, 0.1) is 47.3 Å². The maximum absolute atomic E-state index is 11.0. The fourth-order valence-corrected chi connectivity index (χ4v) is 9.69. The molecule has 9 nitrogen and oxygen atoms in total. The zero-order valence-corrected chi connectivity index (χ0v) is 27.3. The summed E-state index contributed by atoms with van der Waals surface area (Å²) in [7, 11) is 0. The number of allylic oxidation sites excluding steroid dienone is 2. The number of hydrogen-bond acceptors (Lipinski definition) is 9. The number of benzene rings is 1. The number of aliphatic hydroxyl groups excluding tert-OH is 4. The lowest BCUT2D eigenvalue weighted by molar-refractivity contribution is -0.356. The van der Waals surface area contributed by atoms with Gasteiger partial charge in [-0.05, 0) is 105 Å². The molecule has 9 heteroatoms. The normalized spacial score (nSPS) is 45.4. The third-order valence-corrected chi connectivity index (χ3v) is 12.3. The highest BCUT2D eigenvalue weighted by Crippen LogP contribution is 2.55. The van der Waals surface area contributed by atoms with E-state index in [0.29, 0.717) is 17.9 Å². The molecule has 45 heavy (non-hydrogen) atoms. The molecule has 5 aliphatic rings. The number of aromatic hydroxyl groups is 2. The van der Waals surface area contributed by atoms with E-state index in [1.54, 1.807) is 12.1 Å². The van der Waals surface area contributed by atoms with Crippen molar-refractivity contribution in [2.75, 3.05) is 0 Å². The van der Waals surface area contributed by atoms with E-state index in [1.165, 1.54) is 11.6 Å². The van der Waals surface area contributed by atoms with E-state index in [1.807, 2.05) is 0 Å². The first-order valence-electron chi connectivity index (χ1n) is 17.1. The molecule has 0 radical (unpaired) electrons. The fraction of sp³-hybridized carbons (Fsp3) is 0.722. The number of fused-ring (bicyclic) bond motifs is 1. The Balaban J connectivity index is 1.30. The van der Waals surface area contributed by atoms with Gasteiger partial charge in [0.1, 0.15) is 23.5 Å². The molecule has 3 fully saturated rings. The molecule has 2 saturated heterocycles. The molecule has 2 aliphatic carbocycles. The van der Waals surface area contributed by atoms with Gasteiger partial charge in [-0.2, -0.15) is 0 Å². The summed E-state index contributed by atoms with van der Waals surface area (Å²) in [6.45, 7) is 10.9. The Morgan fingerprint density at radius 2 is 1.60 bits per heavy atom. The van der Waals surface area contributed by atoms with Crippen LogP contribution in [0.1, 0.15) is 91.2 Å². The minimum Gasteiger partial charge on any atom is -0.508 e. The topological polar surface area (TPSA) is 152 Å². The zero-order valence-electron chi connectivity index (χ0n) is 27.3. The van der Waals surface area contributed by atoms with Crippen LogP contribution >= 0.6 is 0 Å². The van der Waals surface area contributed by atoms with Crippen molar-refractivity contribution >= 4 is 0 Å². The lowest BCUT2D eigenvalue weighted by Gasteiger charge is -2.54. The standard InChI is InChI=1S/C36H53NO8/c1-17-8-9-36(45-33(17)23-12-24(38)14-25(39)13-23)20(4)10-19(3)30(44-36)16-26-18(2)11-22-6-7-29(40)21(5)31(22)27(26)15-28-32(41)35(43)37-34(28)42/h11-14,17,19-22,26-27,29-31,33-35,37-43H,6-10,15-16H2,1-5H3/t17-,19-,20-,21?,22?,26+,27-,29+,30?,31?,33-,34?,35?,36+/m0/s1. The van der Waals surface area contributed by atoms with Gasteiger partial charge >= 0.3 is 0 Å². The Hall–Kier alpha value is -2.14. The molecule has 1 spiro atoms. The number of ether oxygens (including phenoxy) is 2. The van der Waals surface area contributed by atoms with Crippen LogP contribution in [-0.4, -0.2) is 61.1 Å². The summed E-state index contributed by atoms with van der Waals surface area (Å²) in [5.74, 6) is 0.248. The van der Waals surface area contributed by atoms with Gasteiger partial charge in [0.05, 0.1) is 18.3 Å². The first-order chi connectivity index (χ1) is 21.3. The van der Waals surface area contributed by atoms with Crippen molar-refractivity contribution in [3.8, 4) is 11.5 Å². The van der Waals surface area contributed by atoms with Gasteiger partial charge in [0.25, 0.3) is 0 Å². The Kier molecular flexibility index (Phi) is 9.09. The summed E-state index contributed by atoms with van der Waals surface area (Å²) in [6, 6.07) is 4.66. The molecule has 14 atom stereocenters. The van der Waals surface area contributed by atoms with Gasteiger partial charge in [0, 0.05) is 24.0 Å². The van der Waals surface area contributed by atoms with Crippen molar-refractivity contribution in [2.24, 2.45) is 47.3 Å². The van der Waals surface area contributed by atoms with Crippen molar-refractivity contribution in [3.63, 3.8) is 0 Å². The van der Waals surface area contributed by atoms with E-state index in [9.17, 15) is 30.6 Å². The monoisotopic (exact) mass is 627 g/mol. The van der Waals surface area contributed by atoms with Crippen LogP contribution < -0.4 is 5.32 Å². The molecule has 0 bridgehead atoms. The maximum atomic E-state index is 11.0. The highest BCUT2D eigenvalue weighted by atomic mass is 16.7. The number of aliphatic hydroxyl groups is 4. The van der Waals surface area contributed by atoms with Crippen molar-refractivity contribution in [1.29, 1.82) is 0 Å². The maximum Gasteiger partial charge on any atom is 0.172 e. The van der Waals surface area contributed by atoms with Crippen molar-refractivity contribution in [1.82, 2.24) is 5.32 Å². The quantitative estimate of drug-likeness (QED) is 0.213. The van der Waals surface area contributed by atoms with Gasteiger partial charge in [0.15, 0.2) is 12.0 Å². The van der Waals surface area contributed by atoms with Crippen molar-refractivity contribution in [3.05, 3.63) is 46.7 Å². The highest BCUT2D eigenvalue weighted by Gasteiger charge is 2.53. The van der Waals surface area contributed by atoms with E-state index in [0.717, 1.165) is 44.1 Å². The molecule has 1 aromatic rings. The first kappa shape index (κ1) is 32.8. The highest BCUT2D eigenvalue weighted by molar-refractivity contribution is 5.38. The molecule has 0 aromatic heterocycles. The molecule has 6 rings (SSSR count). The second kappa shape index (κ2) is 12.5. The summed E-state index contributed by atoms with van der Waals surface area (Å²) in [6.07, 6.45) is 4.56. The van der Waals surface area contributed by atoms with E-state index < -0.39 is 24.3 Å². The fourth-order valence-electron chi connectivity index (χ4n) is 9.69. The smallest absolute Gasteiger partial charge is 0.172 e. The number of hydrogen-bond donors (Lipinski definition) is 7. The van der Waals surface area contributed by atoms with Gasteiger partial charge in [-0.3, -0.25) is 5.32 Å². The van der Waals surface area contributed by atoms with Gasteiger partial charge < -0.3 is 40.1 Å². The molecule has 3 heterocycles. The van der Waals surface area contributed by atoms with Crippen LogP contribution in [-0.2, 0) is 9.47 Å². The van der Waals surface area contributed by atoms with E-state index in [4.69, 9.17) is 9.47 Å². The molecule has 6 unspecified atom stereocenters. The van der Waals surface area contributed by atoms with Crippen LogP contribution in [0.3, 0.4) is 0 Å². The molecule has 0 amide bonds. The Morgan fingerprint density at radius 1 is 0.889 bits per heavy atom.